The van der Waals surface area contributed by atoms with Gasteiger partial charge in [0.2, 0.25) is 11.8 Å². The number of imide groups is 1. The molecule has 0 bridgehead atoms. The summed E-state index contributed by atoms with van der Waals surface area (Å²) in [4.78, 5) is 36.7. The number of imidazole rings is 1. The number of nitrogens with zero attached hydrogens (tertiary/aromatic N) is 2. The number of benzene rings is 1. The van der Waals surface area contributed by atoms with Crippen LogP contribution in [0.5, 0.6) is 0 Å². The largest absolute Gasteiger partial charge is 0.396 e. The Morgan fingerprint density at radius 1 is 1.06 bits per heavy atom. The molecule has 2 amide bonds. The number of hydrogen-bond acceptors (Lipinski definition) is 4. The van der Waals surface area contributed by atoms with E-state index in [0.29, 0.717) is 17.5 Å². The van der Waals surface area contributed by atoms with Gasteiger partial charge in [-0.1, -0.05) is 50.0 Å². The second-order valence-corrected chi connectivity index (χ2v) is 8.10. The zero-order chi connectivity index (χ0) is 22.2. The van der Waals surface area contributed by atoms with E-state index < -0.39 is 11.9 Å². The molecular weight excluding hydrogens is 394 g/mol. The van der Waals surface area contributed by atoms with Crippen LogP contribution in [-0.2, 0) is 16.6 Å². The minimum atomic E-state index is -0.686. The summed E-state index contributed by atoms with van der Waals surface area (Å²) in [6.07, 6.45) is 9.07. The molecule has 1 aliphatic rings. The highest BCUT2D eigenvalue weighted by Gasteiger charge is 2.31. The van der Waals surface area contributed by atoms with Gasteiger partial charge < -0.3 is 5.11 Å². The van der Waals surface area contributed by atoms with Crippen molar-refractivity contribution in [3.8, 4) is 11.8 Å². The number of unbranched alkanes of at least 4 members (excludes halogenated alkanes) is 7. The molecule has 7 heteroatoms. The molecule has 0 radical (unpaired) electrons. The summed E-state index contributed by atoms with van der Waals surface area (Å²) >= 11 is 0. The number of hydrogen-bond donors (Lipinski definition) is 2. The molecule has 1 saturated heterocycles. The van der Waals surface area contributed by atoms with Crippen molar-refractivity contribution >= 4 is 22.8 Å². The molecule has 2 heterocycles. The van der Waals surface area contributed by atoms with Crippen molar-refractivity contribution in [1.29, 1.82) is 0 Å². The highest BCUT2D eigenvalue weighted by molar-refractivity contribution is 6.00. The zero-order valence-corrected chi connectivity index (χ0v) is 18.2. The number of aromatic nitrogens is 2. The fraction of sp³-hybridized carbons (Fsp3) is 0.542. The Balaban J connectivity index is 1.69. The van der Waals surface area contributed by atoms with Crippen LogP contribution in [0.25, 0.3) is 11.0 Å². The summed E-state index contributed by atoms with van der Waals surface area (Å²) in [5, 5.41) is 11.1. The number of nitrogens with one attached hydrogen (secondary N) is 1. The maximum absolute atomic E-state index is 12.9. The van der Waals surface area contributed by atoms with Gasteiger partial charge in [0.05, 0.1) is 16.6 Å². The van der Waals surface area contributed by atoms with Gasteiger partial charge in [-0.3, -0.25) is 24.0 Å². The highest BCUT2D eigenvalue weighted by Crippen LogP contribution is 2.24. The van der Waals surface area contributed by atoms with Crippen LogP contribution in [0.15, 0.2) is 23.0 Å². The molecule has 1 aliphatic heterocycles. The van der Waals surface area contributed by atoms with Gasteiger partial charge in [0.15, 0.2) is 0 Å². The summed E-state index contributed by atoms with van der Waals surface area (Å²) < 4.78 is 3.02. The fourth-order valence-electron chi connectivity index (χ4n) is 4.14. The van der Waals surface area contributed by atoms with E-state index in [4.69, 9.17) is 5.11 Å². The van der Waals surface area contributed by atoms with Crippen LogP contribution >= 0.6 is 0 Å². The maximum Gasteiger partial charge on any atom is 0.329 e. The normalized spacial score (nSPS) is 16.3. The van der Waals surface area contributed by atoms with Crippen LogP contribution in [0, 0.1) is 11.8 Å². The van der Waals surface area contributed by atoms with Gasteiger partial charge in [0.25, 0.3) is 0 Å². The monoisotopic (exact) mass is 425 g/mol. The topological polar surface area (TPSA) is 93.3 Å². The molecule has 7 nitrogen and oxygen atoms in total. The van der Waals surface area contributed by atoms with Crippen LogP contribution in [0.4, 0.5) is 0 Å². The average molecular weight is 426 g/mol. The molecule has 31 heavy (non-hydrogen) atoms. The van der Waals surface area contributed by atoms with Gasteiger partial charge in [-0.2, -0.15) is 0 Å². The molecule has 1 unspecified atom stereocenters. The molecule has 0 spiro atoms. The molecule has 1 aromatic heterocycles. The number of rotatable bonds is 9. The first-order valence-electron chi connectivity index (χ1n) is 11.2. The Morgan fingerprint density at radius 2 is 1.77 bits per heavy atom. The average Bonchev–Trinajstić information content (AvgIpc) is 3.01. The van der Waals surface area contributed by atoms with Gasteiger partial charge in [0, 0.05) is 26.5 Å². The fourth-order valence-corrected chi connectivity index (χ4v) is 4.14. The molecule has 1 fully saturated rings. The molecular formula is C24H31N3O4. The van der Waals surface area contributed by atoms with Crippen LogP contribution in [0.2, 0.25) is 0 Å². The van der Waals surface area contributed by atoms with Crippen LogP contribution in [0.1, 0.15) is 75.8 Å². The highest BCUT2D eigenvalue weighted by atomic mass is 16.3. The summed E-state index contributed by atoms with van der Waals surface area (Å²) in [6.45, 7) is 0.283. The second kappa shape index (κ2) is 11.0. The van der Waals surface area contributed by atoms with Crippen molar-refractivity contribution in [1.82, 2.24) is 14.5 Å². The number of fused-ring (bicyclic) bond motifs is 1. The molecule has 2 N–H and O–H groups in total. The first kappa shape index (κ1) is 22.8. The van der Waals surface area contributed by atoms with E-state index in [9.17, 15) is 14.4 Å². The van der Waals surface area contributed by atoms with Crippen LogP contribution in [-0.4, -0.2) is 32.7 Å². The van der Waals surface area contributed by atoms with Gasteiger partial charge in [0.1, 0.15) is 6.04 Å². The minimum Gasteiger partial charge on any atom is -0.396 e. The van der Waals surface area contributed by atoms with Crippen molar-refractivity contribution < 1.29 is 14.7 Å². The summed E-state index contributed by atoms with van der Waals surface area (Å²) in [7, 11) is 1.69. The van der Waals surface area contributed by atoms with E-state index in [-0.39, 0.29) is 24.6 Å². The number of amides is 2. The number of carbonyl (C=O) groups is 2. The molecule has 2 aromatic rings. The quantitative estimate of drug-likeness (QED) is 0.367. The van der Waals surface area contributed by atoms with Crippen molar-refractivity contribution in [3.05, 3.63) is 34.2 Å². The van der Waals surface area contributed by atoms with Crippen LogP contribution in [0.3, 0.4) is 0 Å². The van der Waals surface area contributed by atoms with Gasteiger partial charge >= 0.3 is 5.69 Å². The lowest BCUT2D eigenvalue weighted by Gasteiger charge is -2.21. The maximum atomic E-state index is 12.9. The van der Waals surface area contributed by atoms with Crippen molar-refractivity contribution in [2.45, 2.75) is 70.3 Å². The third-order valence-corrected chi connectivity index (χ3v) is 5.81. The first-order valence-corrected chi connectivity index (χ1v) is 11.2. The molecule has 3 rings (SSSR count). The van der Waals surface area contributed by atoms with Gasteiger partial charge in [-0.05, 0) is 31.4 Å². The minimum absolute atomic E-state index is 0.222. The lowest BCUT2D eigenvalue weighted by Crippen LogP contribution is -2.44. The number of piperidine rings is 1. The van der Waals surface area contributed by atoms with Crippen molar-refractivity contribution in [3.63, 3.8) is 0 Å². The van der Waals surface area contributed by atoms with Gasteiger partial charge in [-0.15, -0.1) is 0 Å². The predicted molar refractivity (Wildman–Crippen MR) is 119 cm³/mol. The van der Waals surface area contributed by atoms with E-state index in [1.807, 2.05) is 18.2 Å². The number of aryl methyl sites for hydroxylation is 1. The molecule has 1 atom stereocenters. The third-order valence-electron chi connectivity index (χ3n) is 5.81. The molecule has 0 aliphatic carbocycles. The number of para-hydroxylation sites is 1. The Kier molecular flexibility index (Phi) is 8.07. The van der Waals surface area contributed by atoms with E-state index >= 15 is 0 Å². The smallest absolute Gasteiger partial charge is 0.329 e. The Bertz CT molecular complexity index is 1050. The summed E-state index contributed by atoms with van der Waals surface area (Å²) in [6, 6.07) is 4.88. The third kappa shape index (κ3) is 5.45. The van der Waals surface area contributed by atoms with E-state index in [1.165, 1.54) is 28.4 Å². The Morgan fingerprint density at radius 3 is 2.48 bits per heavy atom. The van der Waals surface area contributed by atoms with E-state index in [0.717, 1.165) is 37.7 Å². The predicted octanol–water partition coefficient (Wildman–Crippen LogP) is 2.78. The van der Waals surface area contributed by atoms with Crippen molar-refractivity contribution in [2.75, 3.05) is 6.61 Å². The van der Waals surface area contributed by atoms with E-state index in [1.54, 1.807) is 7.05 Å². The standard InChI is InChI=1S/C24H31N3O4/c1-26-22-18(12-9-7-5-3-2-4-6-8-10-17-28)13-11-14-19(22)27(24(26)31)20-15-16-21(29)25-23(20)30/h11,13-14,20,28H,2-8,10,15-17H2,1H3,(H,25,29,30). The lowest BCUT2D eigenvalue weighted by molar-refractivity contribution is -0.135. The van der Waals surface area contributed by atoms with Crippen molar-refractivity contribution in [2.24, 2.45) is 7.05 Å². The number of carbonyl (C=O) groups excluding carboxylic acids is 2. The molecule has 0 saturated carbocycles. The number of aliphatic hydroxyl groups excluding tert-OH is 1. The molecule has 166 valence electrons. The second-order valence-electron chi connectivity index (χ2n) is 8.10. The zero-order valence-electron chi connectivity index (χ0n) is 18.2. The summed E-state index contributed by atoms with van der Waals surface area (Å²) in [5.74, 6) is 5.70. The lowest BCUT2D eigenvalue weighted by atomic mass is 10.1. The van der Waals surface area contributed by atoms with Crippen LogP contribution < -0.4 is 11.0 Å². The number of aliphatic hydroxyl groups is 1. The molecule has 1 aromatic carbocycles. The summed E-state index contributed by atoms with van der Waals surface area (Å²) in [5.41, 5.74) is 1.87. The van der Waals surface area contributed by atoms with E-state index in [2.05, 4.69) is 17.2 Å². The SMILES string of the molecule is Cn1c(=O)n(C2CCC(=O)NC2=O)c2cccc(C#CCCCCCCCCCO)c21. The Hall–Kier alpha value is -2.85. The first-order chi connectivity index (χ1) is 15.0. The van der Waals surface area contributed by atoms with Gasteiger partial charge in [-0.25, -0.2) is 4.79 Å². The Labute approximate surface area is 182 Å².